The average Bonchev–Trinajstić information content (AvgIpc) is 3.20. The van der Waals surface area contributed by atoms with Gasteiger partial charge in [0.1, 0.15) is 0 Å². The summed E-state index contributed by atoms with van der Waals surface area (Å²) in [5.41, 5.74) is 1.49. The number of nitrogens with zero attached hydrogens (tertiary/aromatic N) is 2. The van der Waals surface area contributed by atoms with Crippen LogP contribution in [0.1, 0.15) is 30.9 Å². The second-order valence-corrected chi connectivity index (χ2v) is 15.0. The third kappa shape index (κ3) is 3.87. The summed E-state index contributed by atoms with van der Waals surface area (Å²) >= 11 is 3.54. The Morgan fingerprint density at radius 3 is 2.63 bits per heavy atom. The molecule has 1 spiro atoms. The molecule has 2 amide bonds. The van der Waals surface area contributed by atoms with Crippen LogP contribution in [0.3, 0.4) is 0 Å². The van der Waals surface area contributed by atoms with Gasteiger partial charge in [-0.25, -0.2) is 0 Å². The van der Waals surface area contributed by atoms with Gasteiger partial charge in [0, 0.05) is 46.8 Å². The lowest BCUT2D eigenvalue weighted by Crippen LogP contribution is -2.45. The zero-order valence-corrected chi connectivity index (χ0v) is 22.7. The smallest absolute Gasteiger partial charge is 0.264 e. The predicted octanol–water partition coefficient (Wildman–Crippen LogP) is 4.89. The lowest BCUT2D eigenvalue weighted by molar-refractivity contribution is -0.146. The topological polar surface area (TPSA) is 70.1 Å². The first-order valence-electron chi connectivity index (χ1n) is 12.1. The number of aliphatic hydroxyl groups is 1. The van der Waals surface area contributed by atoms with E-state index >= 15 is 4.11 Å². The number of anilines is 2. The average molecular weight is 562 g/mol. The molecule has 0 saturated carbocycles. The molecule has 9 heteroatoms. The van der Waals surface area contributed by atoms with Gasteiger partial charge in [0.25, 0.3) is 5.91 Å². The number of rotatable bonds is 6. The molecule has 3 aliphatic rings. The predicted molar refractivity (Wildman–Crippen MR) is 139 cm³/mol. The Morgan fingerprint density at radius 2 is 2.00 bits per heavy atom. The van der Waals surface area contributed by atoms with Crippen molar-refractivity contribution in [1.29, 1.82) is 0 Å². The molecule has 1 N–H and O–H groups in total. The Bertz CT molecular complexity index is 1190. The number of β-lactam (4-membered cyclic amide) rings is 1. The minimum absolute atomic E-state index is 0.0979. The Morgan fingerprint density at radius 1 is 1.23 bits per heavy atom. The van der Waals surface area contributed by atoms with E-state index in [0.717, 1.165) is 27.0 Å². The van der Waals surface area contributed by atoms with Crippen molar-refractivity contribution in [2.45, 2.75) is 56.7 Å². The fraction of sp³-hybridized carbons (Fsp3) is 0.462. The van der Waals surface area contributed by atoms with Crippen molar-refractivity contribution in [3.8, 4) is 0 Å². The van der Waals surface area contributed by atoms with Gasteiger partial charge in [-0.15, -0.1) is 0 Å². The van der Waals surface area contributed by atoms with Crippen LogP contribution < -0.4 is 9.80 Å². The molecule has 35 heavy (non-hydrogen) atoms. The van der Waals surface area contributed by atoms with Crippen LogP contribution in [0.4, 0.5) is 15.5 Å². The minimum atomic E-state index is -3.22. The van der Waals surface area contributed by atoms with E-state index in [4.69, 9.17) is 4.74 Å². The number of amides is 2. The first-order valence-corrected chi connectivity index (χ1v) is 15.8. The number of carbonyl (C=O) groups excluding carboxylic acids is 2. The molecule has 0 unspecified atom stereocenters. The highest BCUT2D eigenvalue weighted by Crippen LogP contribution is 2.60. The molecule has 186 valence electrons. The van der Waals surface area contributed by atoms with Gasteiger partial charge >= 0.3 is 0 Å². The van der Waals surface area contributed by atoms with Crippen molar-refractivity contribution in [2.24, 2.45) is 5.92 Å². The van der Waals surface area contributed by atoms with Crippen LogP contribution in [0, 0.1) is 5.92 Å². The molecule has 2 aromatic rings. The molecule has 5 rings (SSSR count). The summed E-state index contributed by atoms with van der Waals surface area (Å²) < 4.78 is 22.9. The van der Waals surface area contributed by atoms with Crippen molar-refractivity contribution in [3.05, 3.63) is 58.1 Å². The maximum atomic E-state index is 15.6. The Balaban J connectivity index is 1.55. The molecule has 0 bridgehead atoms. The molecule has 3 aliphatic heterocycles. The van der Waals surface area contributed by atoms with Crippen molar-refractivity contribution in [3.63, 3.8) is 0 Å². The zero-order valence-electron chi connectivity index (χ0n) is 20.1. The van der Waals surface area contributed by atoms with Crippen LogP contribution in [0.15, 0.2) is 46.9 Å². The van der Waals surface area contributed by atoms with Crippen LogP contribution in [-0.4, -0.2) is 44.6 Å². The van der Waals surface area contributed by atoms with Crippen LogP contribution >= 0.6 is 15.9 Å². The fourth-order valence-electron chi connectivity index (χ4n) is 6.17. The van der Waals surface area contributed by atoms with Crippen LogP contribution in [0.2, 0.25) is 18.6 Å². The normalized spacial score (nSPS) is 28.1. The SMILES string of the molecule is C[C@@H]1[C@@H]([Si](C)(C)F)[C@H](CCO)O[C@@]12C(=O)N(Cc1cccc(N3CCC3=O)c1)c1ccc(Br)cc12. The minimum Gasteiger partial charge on any atom is -0.396 e. The number of carbonyl (C=O) groups is 2. The second-order valence-electron chi connectivity index (χ2n) is 10.3. The van der Waals surface area contributed by atoms with Crippen LogP contribution in [0.5, 0.6) is 0 Å². The van der Waals surface area contributed by atoms with Gasteiger partial charge < -0.3 is 23.8 Å². The standard InChI is InChI=1S/C26H30BrFN2O4Si/c1-16-24(35(2,3)28)22(10-12-31)34-26(16)20-14-18(27)7-8-21(20)30(25(26)33)15-17-5-4-6-19(13-17)29-11-9-23(29)32/h4-8,13-14,16,22,24,31H,9-12,15H2,1-3H3/t16-,22+,24-,26+/m1/s1. The van der Waals surface area contributed by atoms with Crippen molar-refractivity contribution < 1.29 is 23.5 Å². The monoisotopic (exact) mass is 560 g/mol. The number of hydrogen-bond acceptors (Lipinski definition) is 4. The van der Waals surface area contributed by atoms with Gasteiger partial charge in [0.05, 0.1) is 18.3 Å². The summed E-state index contributed by atoms with van der Waals surface area (Å²) in [5, 5.41) is 9.68. The molecule has 3 heterocycles. The van der Waals surface area contributed by atoms with Crippen LogP contribution in [-0.2, 0) is 26.5 Å². The number of ether oxygens (including phenoxy) is 1. The second kappa shape index (κ2) is 8.79. The molecular weight excluding hydrogens is 531 g/mol. The maximum Gasteiger partial charge on any atom is 0.264 e. The summed E-state index contributed by atoms with van der Waals surface area (Å²) in [5.74, 6) is -0.491. The Hall–Kier alpha value is -2.07. The van der Waals surface area contributed by atoms with Gasteiger partial charge in [-0.3, -0.25) is 9.59 Å². The lowest BCUT2D eigenvalue weighted by Gasteiger charge is -2.32. The highest BCUT2D eigenvalue weighted by molar-refractivity contribution is 9.10. The van der Waals surface area contributed by atoms with E-state index in [1.165, 1.54) is 0 Å². The number of hydrogen-bond donors (Lipinski definition) is 1. The van der Waals surface area contributed by atoms with E-state index in [-0.39, 0.29) is 24.3 Å². The van der Waals surface area contributed by atoms with Gasteiger partial charge in [0.2, 0.25) is 14.3 Å². The first-order chi connectivity index (χ1) is 16.6. The molecule has 6 nitrogen and oxygen atoms in total. The number of aliphatic hydroxyl groups excluding tert-OH is 1. The molecule has 2 saturated heterocycles. The molecule has 0 aromatic heterocycles. The van der Waals surface area contributed by atoms with E-state index in [1.807, 2.05) is 49.4 Å². The van der Waals surface area contributed by atoms with Gasteiger partial charge in [0.15, 0.2) is 5.60 Å². The van der Waals surface area contributed by atoms with E-state index < -0.39 is 25.7 Å². The first kappa shape index (κ1) is 24.6. The molecule has 0 aliphatic carbocycles. The summed E-state index contributed by atoms with van der Waals surface area (Å²) in [7, 11) is -3.22. The molecule has 2 aromatic carbocycles. The summed E-state index contributed by atoms with van der Waals surface area (Å²) in [6.45, 7) is 6.11. The molecule has 4 atom stereocenters. The third-order valence-electron chi connectivity index (χ3n) is 7.75. The largest absolute Gasteiger partial charge is 0.396 e. The zero-order chi connectivity index (χ0) is 25.1. The summed E-state index contributed by atoms with van der Waals surface area (Å²) in [6.07, 6.45) is 0.317. The van der Waals surface area contributed by atoms with Crippen molar-refractivity contribution in [2.75, 3.05) is 23.0 Å². The van der Waals surface area contributed by atoms with Crippen LogP contribution in [0.25, 0.3) is 0 Å². The van der Waals surface area contributed by atoms with E-state index in [0.29, 0.717) is 25.9 Å². The van der Waals surface area contributed by atoms with Crippen molar-refractivity contribution >= 4 is 47.5 Å². The number of benzene rings is 2. The van der Waals surface area contributed by atoms with Gasteiger partial charge in [-0.1, -0.05) is 35.0 Å². The van der Waals surface area contributed by atoms with E-state index in [9.17, 15) is 14.7 Å². The number of fused-ring (bicyclic) bond motifs is 2. The summed E-state index contributed by atoms with van der Waals surface area (Å²) in [4.78, 5) is 29.6. The highest BCUT2D eigenvalue weighted by Gasteiger charge is 2.66. The molecular formula is C26H30BrFN2O4Si. The third-order valence-corrected chi connectivity index (χ3v) is 10.7. The van der Waals surface area contributed by atoms with E-state index in [2.05, 4.69) is 15.9 Å². The Labute approximate surface area is 214 Å². The van der Waals surface area contributed by atoms with Crippen molar-refractivity contribution in [1.82, 2.24) is 0 Å². The lowest BCUT2D eigenvalue weighted by atomic mass is 9.82. The quantitative estimate of drug-likeness (QED) is 0.310. The number of halogens is 2. The highest BCUT2D eigenvalue weighted by atomic mass is 79.9. The van der Waals surface area contributed by atoms with Gasteiger partial charge in [-0.05, 0) is 55.4 Å². The van der Waals surface area contributed by atoms with Gasteiger partial charge in [-0.2, -0.15) is 0 Å². The maximum absolute atomic E-state index is 15.6. The molecule has 2 fully saturated rings. The molecule has 0 radical (unpaired) electrons. The summed E-state index contributed by atoms with van der Waals surface area (Å²) in [6, 6.07) is 13.4. The Kier molecular flexibility index (Phi) is 6.18. The van der Waals surface area contributed by atoms with E-state index in [1.54, 1.807) is 22.9 Å². The fourth-order valence-corrected chi connectivity index (χ4v) is 9.07.